The van der Waals surface area contributed by atoms with Gasteiger partial charge in [0.2, 0.25) is 0 Å². The first-order valence-electron chi connectivity index (χ1n) is 8.89. The predicted molar refractivity (Wildman–Crippen MR) is 111 cm³/mol. The Morgan fingerprint density at radius 3 is 3.12 bits per heavy atom. The average molecular weight is 468 g/mol. The maximum Gasteiger partial charge on any atom is 0.191 e. The lowest BCUT2D eigenvalue weighted by Gasteiger charge is -2.28. The van der Waals surface area contributed by atoms with Crippen LogP contribution in [0.2, 0.25) is 0 Å². The fourth-order valence-electron chi connectivity index (χ4n) is 3.59. The van der Waals surface area contributed by atoms with Gasteiger partial charge >= 0.3 is 0 Å². The van der Waals surface area contributed by atoms with E-state index >= 15 is 0 Å². The minimum Gasteiger partial charge on any atom is -0.493 e. The van der Waals surface area contributed by atoms with Crippen LogP contribution in [0.15, 0.2) is 35.6 Å². The number of hydrogen-bond acceptors (Lipinski definition) is 4. The van der Waals surface area contributed by atoms with Gasteiger partial charge in [-0.25, -0.2) is 9.67 Å². The molecule has 1 aromatic carbocycles. The molecule has 3 heterocycles. The SMILES string of the molecule is CN=C(NCC1CCOc2ccccc21)NC1CCc2ncnn2C1.I. The summed E-state index contributed by atoms with van der Waals surface area (Å²) in [5.74, 6) is 3.36. The Morgan fingerprint density at radius 2 is 2.23 bits per heavy atom. The summed E-state index contributed by atoms with van der Waals surface area (Å²) in [5.41, 5.74) is 1.28. The summed E-state index contributed by atoms with van der Waals surface area (Å²) >= 11 is 0. The van der Waals surface area contributed by atoms with Crippen LogP contribution < -0.4 is 15.4 Å². The molecule has 0 aliphatic carbocycles. The first-order chi connectivity index (χ1) is 12.3. The summed E-state index contributed by atoms with van der Waals surface area (Å²) in [7, 11) is 1.82. The zero-order valence-corrected chi connectivity index (χ0v) is 17.2. The van der Waals surface area contributed by atoms with E-state index in [9.17, 15) is 0 Å². The maximum absolute atomic E-state index is 5.74. The molecule has 2 aromatic rings. The number of hydrogen-bond donors (Lipinski definition) is 2. The van der Waals surface area contributed by atoms with Gasteiger partial charge < -0.3 is 15.4 Å². The van der Waals surface area contributed by atoms with Crippen LogP contribution in [0, 0.1) is 0 Å². The quantitative estimate of drug-likeness (QED) is 0.409. The van der Waals surface area contributed by atoms with Crippen molar-refractivity contribution in [3.05, 3.63) is 42.0 Å². The number of ether oxygens (including phenoxy) is 1. The monoisotopic (exact) mass is 468 g/mol. The number of guanidine groups is 1. The number of para-hydroxylation sites is 1. The van der Waals surface area contributed by atoms with E-state index in [1.165, 1.54) is 5.56 Å². The van der Waals surface area contributed by atoms with Gasteiger partial charge in [0.25, 0.3) is 0 Å². The van der Waals surface area contributed by atoms with Gasteiger partial charge in [-0.1, -0.05) is 18.2 Å². The van der Waals surface area contributed by atoms with Crippen molar-refractivity contribution in [2.75, 3.05) is 20.2 Å². The summed E-state index contributed by atoms with van der Waals surface area (Å²) < 4.78 is 7.72. The van der Waals surface area contributed by atoms with Crippen molar-refractivity contribution in [1.82, 2.24) is 25.4 Å². The van der Waals surface area contributed by atoms with Crippen LogP contribution in [0.5, 0.6) is 5.75 Å². The molecule has 4 rings (SSSR count). The molecule has 0 saturated carbocycles. The highest BCUT2D eigenvalue weighted by Gasteiger charge is 2.23. The van der Waals surface area contributed by atoms with Gasteiger partial charge in [0.1, 0.15) is 17.9 Å². The van der Waals surface area contributed by atoms with Gasteiger partial charge in [0.05, 0.1) is 13.2 Å². The van der Waals surface area contributed by atoms with Crippen LogP contribution in [0.3, 0.4) is 0 Å². The molecule has 0 saturated heterocycles. The number of aliphatic imine (C=N–C) groups is 1. The summed E-state index contributed by atoms with van der Waals surface area (Å²) in [6.07, 6.45) is 4.64. The Morgan fingerprint density at radius 1 is 1.35 bits per heavy atom. The lowest BCUT2D eigenvalue weighted by molar-refractivity contribution is 0.267. The fourth-order valence-corrected chi connectivity index (χ4v) is 3.59. The number of benzene rings is 1. The van der Waals surface area contributed by atoms with E-state index in [-0.39, 0.29) is 24.0 Å². The predicted octanol–water partition coefficient (Wildman–Crippen LogP) is 1.94. The van der Waals surface area contributed by atoms with Crippen molar-refractivity contribution >= 4 is 29.9 Å². The van der Waals surface area contributed by atoms with E-state index in [2.05, 4.69) is 37.8 Å². The van der Waals surface area contributed by atoms with Gasteiger partial charge in [0.15, 0.2) is 5.96 Å². The highest BCUT2D eigenvalue weighted by atomic mass is 127. The minimum atomic E-state index is 0. The van der Waals surface area contributed by atoms with Crippen LogP contribution in [0.1, 0.15) is 30.1 Å². The van der Waals surface area contributed by atoms with Gasteiger partial charge in [-0.3, -0.25) is 4.99 Å². The molecule has 1 aromatic heterocycles. The highest BCUT2D eigenvalue weighted by Crippen LogP contribution is 2.32. The van der Waals surface area contributed by atoms with Gasteiger partial charge in [-0.05, 0) is 24.5 Å². The zero-order valence-electron chi connectivity index (χ0n) is 14.9. The molecule has 0 amide bonds. The van der Waals surface area contributed by atoms with E-state index in [1.54, 1.807) is 6.33 Å². The molecule has 140 valence electrons. The summed E-state index contributed by atoms with van der Waals surface area (Å²) in [6, 6.07) is 8.63. The fraction of sp³-hybridized carbons (Fsp3) is 0.500. The Balaban J connectivity index is 0.00000196. The molecule has 2 atom stereocenters. The van der Waals surface area contributed by atoms with Crippen LogP contribution >= 0.6 is 24.0 Å². The normalized spacial score (nSPS) is 21.7. The second-order valence-corrected chi connectivity index (χ2v) is 6.56. The first-order valence-corrected chi connectivity index (χ1v) is 8.89. The Labute approximate surface area is 170 Å². The summed E-state index contributed by atoms with van der Waals surface area (Å²) in [6.45, 7) is 2.45. The molecule has 2 aliphatic rings. The topological polar surface area (TPSA) is 76.4 Å². The second kappa shape index (κ2) is 8.70. The second-order valence-electron chi connectivity index (χ2n) is 6.56. The third kappa shape index (κ3) is 4.11. The van der Waals surface area contributed by atoms with E-state index < -0.39 is 0 Å². The standard InChI is InChI=1S/C18H24N6O.HI/c1-19-18(23-14-6-7-17-21-12-22-24(17)11-14)20-10-13-8-9-25-16-5-3-2-4-15(13)16;/h2-5,12-14H,6-11H2,1H3,(H2,19,20,23);1H. The number of halogens is 1. The average Bonchev–Trinajstić information content (AvgIpc) is 3.13. The summed E-state index contributed by atoms with van der Waals surface area (Å²) in [4.78, 5) is 8.66. The molecule has 7 nitrogen and oxygen atoms in total. The lowest BCUT2D eigenvalue weighted by Crippen LogP contribution is -2.48. The van der Waals surface area contributed by atoms with E-state index in [0.29, 0.717) is 12.0 Å². The molecule has 0 radical (unpaired) electrons. The van der Waals surface area contributed by atoms with Crippen LogP contribution in [-0.4, -0.2) is 47.0 Å². The van der Waals surface area contributed by atoms with Crippen LogP contribution in [-0.2, 0) is 13.0 Å². The number of aryl methyl sites for hydroxylation is 1. The van der Waals surface area contributed by atoms with E-state index in [0.717, 1.165) is 56.5 Å². The van der Waals surface area contributed by atoms with Crippen molar-refractivity contribution in [1.29, 1.82) is 0 Å². The Bertz CT molecular complexity index is 762. The molecule has 2 unspecified atom stereocenters. The minimum absolute atomic E-state index is 0. The van der Waals surface area contributed by atoms with Crippen molar-refractivity contribution in [3.63, 3.8) is 0 Å². The lowest BCUT2D eigenvalue weighted by atomic mass is 9.93. The first kappa shape index (κ1) is 18.9. The molecular weight excluding hydrogens is 443 g/mol. The summed E-state index contributed by atoms with van der Waals surface area (Å²) in [5, 5.41) is 11.3. The number of fused-ring (bicyclic) bond motifs is 2. The van der Waals surface area contributed by atoms with Crippen LogP contribution in [0.25, 0.3) is 0 Å². The molecule has 2 aliphatic heterocycles. The maximum atomic E-state index is 5.74. The van der Waals surface area contributed by atoms with Crippen molar-refractivity contribution in [3.8, 4) is 5.75 Å². The number of rotatable bonds is 3. The Hall–Kier alpha value is -1.84. The van der Waals surface area contributed by atoms with Crippen molar-refractivity contribution < 1.29 is 4.74 Å². The number of aromatic nitrogens is 3. The van der Waals surface area contributed by atoms with E-state index in [1.807, 2.05) is 23.9 Å². The number of nitrogens with zero attached hydrogens (tertiary/aromatic N) is 4. The van der Waals surface area contributed by atoms with Gasteiger partial charge in [0, 0.05) is 32.0 Å². The van der Waals surface area contributed by atoms with Gasteiger partial charge in [-0.15, -0.1) is 24.0 Å². The van der Waals surface area contributed by atoms with Crippen LogP contribution in [0.4, 0.5) is 0 Å². The molecule has 0 fully saturated rings. The Kier molecular flexibility index (Phi) is 6.33. The molecule has 0 bridgehead atoms. The number of nitrogens with one attached hydrogen (secondary N) is 2. The highest BCUT2D eigenvalue weighted by molar-refractivity contribution is 14.0. The molecule has 26 heavy (non-hydrogen) atoms. The van der Waals surface area contributed by atoms with E-state index in [4.69, 9.17) is 4.74 Å². The van der Waals surface area contributed by atoms with Crippen molar-refractivity contribution in [2.24, 2.45) is 4.99 Å². The molecule has 8 heteroatoms. The molecule has 0 spiro atoms. The smallest absolute Gasteiger partial charge is 0.191 e. The molecule has 2 N–H and O–H groups in total. The third-order valence-electron chi connectivity index (χ3n) is 4.97. The third-order valence-corrected chi connectivity index (χ3v) is 4.97. The zero-order chi connectivity index (χ0) is 17.1. The largest absolute Gasteiger partial charge is 0.493 e. The van der Waals surface area contributed by atoms with Crippen molar-refractivity contribution in [2.45, 2.75) is 37.8 Å². The molecular formula is C18H25IN6O. The van der Waals surface area contributed by atoms with Gasteiger partial charge in [-0.2, -0.15) is 5.10 Å².